The van der Waals surface area contributed by atoms with E-state index in [0.717, 1.165) is 12.5 Å². The fourth-order valence-corrected chi connectivity index (χ4v) is 2.35. The zero-order valence-corrected chi connectivity index (χ0v) is 11.9. The second kappa shape index (κ2) is 5.86. The van der Waals surface area contributed by atoms with Crippen molar-refractivity contribution in [3.63, 3.8) is 0 Å². The summed E-state index contributed by atoms with van der Waals surface area (Å²) in [5.41, 5.74) is 0.344. The van der Waals surface area contributed by atoms with Gasteiger partial charge >= 0.3 is 0 Å². The van der Waals surface area contributed by atoms with Crippen molar-refractivity contribution in [3.05, 3.63) is 29.3 Å². The quantitative estimate of drug-likeness (QED) is 0.484. The van der Waals surface area contributed by atoms with Crippen molar-refractivity contribution in [2.24, 2.45) is 0 Å². The van der Waals surface area contributed by atoms with Gasteiger partial charge in [-0.3, -0.25) is 19.1 Å². The minimum atomic E-state index is -3.63. The molecule has 1 aromatic heterocycles. The van der Waals surface area contributed by atoms with E-state index in [1.165, 1.54) is 6.07 Å². The number of nitrogens with one attached hydrogen (secondary N) is 1. The van der Waals surface area contributed by atoms with Crippen molar-refractivity contribution in [1.82, 2.24) is 10.3 Å². The summed E-state index contributed by atoms with van der Waals surface area (Å²) in [5.74, 6) is -2.64. The van der Waals surface area contributed by atoms with E-state index >= 15 is 0 Å². The van der Waals surface area contributed by atoms with Gasteiger partial charge in [0.1, 0.15) is 0 Å². The number of amides is 2. The van der Waals surface area contributed by atoms with Gasteiger partial charge in [0, 0.05) is 18.2 Å². The van der Waals surface area contributed by atoms with Crippen LogP contribution in [-0.2, 0) is 30.5 Å². The minimum absolute atomic E-state index is 0.0228. The van der Waals surface area contributed by atoms with Crippen molar-refractivity contribution < 1.29 is 26.6 Å². The number of carbonyl (C=O) groups is 2. The van der Waals surface area contributed by atoms with E-state index in [4.69, 9.17) is 0 Å². The van der Waals surface area contributed by atoms with Crippen LogP contribution in [0.1, 0.15) is 29.9 Å². The van der Waals surface area contributed by atoms with Crippen LogP contribution in [0.5, 0.6) is 0 Å². The summed E-state index contributed by atoms with van der Waals surface area (Å²) in [6.07, 6.45) is 2.32. The molecule has 7 nitrogen and oxygen atoms in total. The molecule has 0 spiro atoms. The molecule has 1 fully saturated rings. The van der Waals surface area contributed by atoms with Gasteiger partial charge in [-0.25, -0.2) is 4.98 Å². The summed E-state index contributed by atoms with van der Waals surface area (Å²) < 4.78 is 40.2. The van der Waals surface area contributed by atoms with Gasteiger partial charge in [0.25, 0.3) is 10.1 Å². The second-order valence-corrected chi connectivity index (χ2v) is 6.34. The third-order valence-electron chi connectivity index (χ3n) is 2.98. The first-order chi connectivity index (χ1) is 9.76. The predicted octanol–water partition coefficient (Wildman–Crippen LogP) is 0.217. The third kappa shape index (κ3) is 4.05. The molecule has 0 aliphatic carbocycles. The molecule has 2 rings (SSSR count). The summed E-state index contributed by atoms with van der Waals surface area (Å²) in [6, 6.07) is 1.33. The van der Waals surface area contributed by atoms with E-state index in [1.807, 2.05) is 0 Å². The van der Waals surface area contributed by atoms with Crippen LogP contribution in [0, 0.1) is 5.95 Å². The zero-order chi connectivity index (χ0) is 15.6. The Hall–Kier alpha value is -1.87. The maximum Gasteiger partial charge on any atom is 0.264 e. The van der Waals surface area contributed by atoms with Crippen LogP contribution in [0.4, 0.5) is 4.39 Å². The predicted molar refractivity (Wildman–Crippen MR) is 69.0 cm³/mol. The van der Waals surface area contributed by atoms with Crippen molar-refractivity contribution in [2.75, 3.05) is 6.26 Å². The van der Waals surface area contributed by atoms with Crippen LogP contribution in [-0.4, -0.2) is 31.5 Å². The lowest BCUT2D eigenvalue weighted by Crippen LogP contribution is -2.39. The topological polar surface area (TPSA) is 102 Å². The number of hydrogen-bond acceptors (Lipinski definition) is 6. The molecular weight excluding hydrogens is 303 g/mol. The van der Waals surface area contributed by atoms with Crippen LogP contribution in [0.25, 0.3) is 0 Å². The number of halogens is 1. The first-order valence-electron chi connectivity index (χ1n) is 6.08. The standard InChI is InChI=1S/C12H13FN2O5S/c1-21(18,19)20-6-7-4-9(11(13)14-5-7)8-2-3-10(16)15-12(8)17/h4-5,8H,2-3,6H2,1H3,(H,15,16,17). The molecule has 1 atom stereocenters. The highest BCUT2D eigenvalue weighted by Crippen LogP contribution is 2.27. The lowest BCUT2D eigenvalue weighted by Gasteiger charge is -2.21. The molecule has 1 saturated heterocycles. The van der Waals surface area contributed by atoms with Crippen LogP contribution in [0.15, 0.2) is 12.3 Å². The highest BCUT2D eigenvalue weighted by Gasteiger charge is 2.30. The van der Waals surface area contributed by atoms with Crippen molar-refractivity contribution in [2.45, 2.75) is 25.4 Å². The number of aromatic nitrogens is 1. The van der Waals surface area contributed by atoms with Crippen LogP contribution in [0.3, 0.4) is 0 Å². The van der Waals surface area contributed by atoms with Gasteiger partial charge in [-0.2, -0.15) is 12.8 Å². The zero-order valence-electron chi connectivity index (χ0n) is 11.1. The van der Waals surface area contributed by atoms with Crippen molar-refractivity contribution in [3.8, 4) is 0 Å². The Morgan fingerprint density at radius 3 is 2.81 bits per heavy atom. The van der Waals surface area contributed by atoms with E-state index in [0.29, 0.717) is 5.56 Å². The van der Waals surface area contributed by atoms with Gasteiger partial charge in [0.15, 0.2) is 0 Å². The minimum Gasteiger partial charge on any atom is -0.296 e. The molecule has 2 heterocycles. The maximum atomic E-state index is 13.8. The molecule has 0 aromatic carbocycles. The van der Waals surface area contributed by atoms with Gasteiger partial charge in [0.05, 0.1) is 18.8 Å². The van der Waals surface area contributed by atoms with Gasteiger partial charge in [-0.05, 0) is 18.1 Å². The van der Waals surface area contributed by atoms with Gasteiger partial charge in [-0.1, -0.05) is 0 Å². The maximum absolute atomic E-state index is 13.8. The molecule has 1 aliphatic rings. The molecule has 0 bridgehead atoms. The van der Waals surface area contributed by atoms with Gasteiger partial charge in [0.2, 0.25) is 17.8 Å². The molecule has 1 N–H and O–H groups in total. The Kier molecular flexibility index (Phi) is 4.33. The van der Waals surface area contributed by atoms with E-state index in [-0.39, 0.29) is 25.0 Å². The molecule has 0 radical (unpaired) electrons. The van der Waals surface area contributed by atoms with Crippen LogP contribution in [0.2, 0.25) is 0 Å². The molecule has 21 heavy (non-hydrogen) atoms. The molecule has 114 valence electrons. The average Bonchev–Trinajstić information content (AvgIpc) is 2.37. The Morgan fingerprint density at radius 1 is 1.48 bits per heavy atom. The summed E-state index contributed by atoms with van der Waals surface area (Å²) >= 11 is 0. The first kappa shape index (κ1) is 15.5. The Balaban J connectivity index is 2.23. The summed E-state index contributed by atoms with van der Waals surface area (Å²) in [4.78, 5) is 26.3. The second-order valence-electron chi connectivity index (χ2n) is 4.69. The average molecular weight is 316 g/mol. The number of imide groups is 1. The van der Waals surface area contributed by atoms with Gasteiger partial charge < -0.3 is 0 Å². The van der Waals surface area contributed by atoms with E-state index < -0.39 is 33.8 Å². The van der Waals surface area contributed by atoms with Crippen LogP contribution >= 0.6 is 0 Å². The lowest BCUT2D eigenvalue weighted by molar-refractivity contribution is -0.134. The normalized spacial score (nSPS) is 19.4. The number of nitrogens with zero attached hydrogens (tertiary/aromatic N) is 1. The molecule has 0 saturated carbocycles. The largest absolute Gasteiger partial charge is 0.296 e. The smallest absolute Gasteiger partial charge is 0.264 e. The lowest BCUT2D eigenvalue weighted by atomic mass is 9.91. The molecule has 1 aromatic rings. The fourth-order valence-electron chi connectivity index (χ4n) is 2.00. The van der Waals surface area contributed by atoms with E-state index in [1.54, 1.807) is 0 Å². The Morgan fingerprint density at radius 2 is 2.19 bits per heavy atom. The monoisotopic (exact) mass is 316 g/mol. The highest BCUT2D eigenvalue weighted by atomic mass is 32.2. The number of hydrogen-bond donors (Lipinski definition) is 1. The number of piperidine rings is 1. The number of pyridine rings is 1. The molecular formula is C12H13FN2O5S. The summed E-state index contributed by atoms with van der Waals surface area (Å²) in [5, 5.41) is 2.13. The van der Waals surface area contributed by atoms with Crippen molar-refractivity contribution in [1.29, 1.82) is 0 Å². The Bertz CT molecular complexity index is 689. The fraction of sp³-hybridized carbons (Fsp3) is 0.417. The molecule has 1 aliphatic heterocycles. The molecule has 9 heteroatoms. The van der Waals surface area contributed by atoms with Crippen LogP contribution < -0.4 is 5.32 Å². The number of carbonyl (C=O) groups excluding carboxylic acids is 2. The summed E-state index contributed by atoms with van der Waals surface area (Å²) in [7, 11) is -3.63. The van der Waals surface area contributed by atoms with E-state index in [2.05, 4.69) is 14.5 Å². The third-order valence-corrected chi connectivity index (χ3v) is 3.52. The number of rotatable bonds is 4. The van der Waals surface area contributed by atoms with Crippen molar-refractivity contribution >= 4 is 21.9 Å². The van der Waals surface area contributed by atoms with E-state index in [9.17, 15) is 22.4 Å². The first-order valence-corrected chi connectivity index (χ1v) is 7.90. The molecule has 1 unspecified atom stereocenters. The van der Waals surface area contributed by atoms with Gasteiger partial charge in [-0.15, -0.1) is 0 Å². The molecule has 2 amide bonds. The summed E-state index contributed by atoms with van der Waals surface area (Å²) in [6.45, 7) is -0.299. The highest BCUT2D eigenvalue weighted by molar-refractivity contribution is 7.85. The Labute approximate surface area is 120 Å². The SMILES string of the molecule is CS(=O)(=O)OCc1cnc(F)c(C2CCC(=O)NC2=O)c1.